The molecule has 2 heterocycles. The van der Waals surface area contributed by atoms with Crippen LogP contribution in [-0.2, 0) is 0 Å². The van der Waals surface area contributed by atoms with Crippen molar-refractivity contribution < 1.29 is 9.26 Å². The summed E-state index contributed by atoms with van der Waals surface area (Å²) in [5.74, 6) is 0.867. The topological polar surface area (TPSA) is 56.7 Å². The predicted molar refractivity (Wildman–Crippen MR) is 103 cm³/mol. The predicted octanol–water partition coefficient (Wildman–Crippen LogP) is 4.90. The van der Waals surface area contributed by atoms with Crippen LogP contribution < -0.4 is 10.5 Å². The van der Waals surface area contributed by atoms with Crippen molar-refractivity contribution in [1.82, 2.24) is 9.56 Å². The lowest BCUT2D eigenvalue weighted by Gasteiger charge is -2.06. The van der Waals surface area contributed by atoms with Gasteiger partial charge >= 0.3 is 5.76 Å². The SMILES string of the molecule is O=c1onc(-c2ccccc2)c2cc3c(Oc4ccccc4)cccc3n12. The molecule has 0 N–H and O–H groups in total. The molecular formula is C22H14N2O3. The normalized spacial score (nSPS) is 11.1. The number of rotatable bonds is 3. The van der Waals surface area contributed by atoms with E-state index in [-0.39, 0.29) is 0 Å². The molecule has 0 fully saturated rings. The molecule has 0 radical (unpaired) electrons. The largest absolute Gasteiger partial charge is 0.457 e. The first kappa shape index (κ1) is 15.4. The van der Waals surface area contributed by atoms with Crippen molar-refractivity contribution in [3.05, 3.63) is 95.5 Å². The van der Waals surface area contributed by atoms with Crippen molar-refractivity contribution >= 4 is 16.4 Å². The number of ether oxygens (including phenoxy) is 1. The molecular weight excluding hydrogens is 340 g/mol. The Balaban J connectivity index is 1.78. The zero-order valence-corrected chi connectivity index (χ0v) is 14.2. The van der Waals surface area contributed by atoms with Gasteiger partial charge in [0.25, 0.3) is 0 Å². The molecule has 0 amide bonds. The molecule has 5 nitrogen and oxygen atoms in total. The van der Waals surface area contributed by atoms with E-state index in [9.17, 15) is 4.79 Å². The molecule has 0 aliphatic heterocycles. The van der Waals surface area contributed by atoms with E-state index in [1.807, 2.05) is 84.9 Å². The van der Waals surface area contributed by atoms with Gasteiger partial charge in [-0.25, -0.2) is 9.20 Å². The van der Waals surface area contributed by atoms with Crippen LogP contribution in [0.15, 0.2) is 94.2 Å². The maximum atomic E-state index is 12.4. The van der Waals surface area contributed by atoms with E-state index in [0.29, 0.717) is 22.5 Å². The van der Waals surface area contributed by atoms with Gasteiger partial charge in [0, 0.05) is 10.9 Å². The molecule has 0 spiro atoms. The van der Waals surface area contributed by atoms with E-state index < -0.39 is 5.76 Å². The summed E-state index contributed by atoms with van der Waals surface area (Å²) in [4.78, 5) is 12.4. The fourth-order valence-corrected chi connectivity index (χ4v) is 3.25. The number of hydrogen-bond donors (Lipinski definition) is 0. The fraction of sp³-hybridized carbons (Fsp3) is 0. The van der Waals surface area contributed by atoms with Crippen LogP contribution in [0, 0.1) is 0 Å². The molecule has 0 saturated carbocycles. The minimum Gasteiger partial charge on any atom is -0.457 e. The summed E-state index contributed by atoms with van der Waals surface area (Å²) >= 11 is 0. The Morgan fingerprint density at radius 1 is 0.815 bits per heavy atom. The van der Waals surface area contributed by atoms with Gasteiger partial charge in [0.1, 0.15) is 17.2 Å². The molecule has 5 aromatic rings. The van der Waals surface area contributed by atoms with E-state index in [4.69, 9.17) is 9.26 Å². The molecule has 130 valence electrons. The zero-order valence-electron chi connectivity index (χ0n) is 14.2. The minimum absolute atomic E-state index is 0.531. The van der Waals surface area contributed by atoms with Gasteiger partial charge in [-0.05, 0) is 30.3 Å². The third-order valence-electron chi connectivity index (χ3n) is 4.46. The maximum Gasteiger partial charge on any atom is 0.445 e. The third kappa shape index (κ3) is 2.57. The zero-order chi connectivity index (χ0) is 18.2. The number of nitrogens with zero attached hydrogens (tertiary/aromatic N) is 2. The Kier molecular flexibility index (Phi) is 3.50. The summed E-state index contributed by atoms with van der Waals surface area (Å²) in [5, 5.41) is 4.85. The molecule has 27 heavy (non-hydrogen) atoms. The molecule has 3 aromatic carbocycles. The maximum absolute atomic E-state index is 12.4. The average Bonchev–Trinajstić information content (AvgIpc) is 3.11. The van der Waals surface area contributed by atoms with Crippen LogP contribution in [0.5, 0.6) is 11.5 Å². The lowest BCUT2D eigenvalue weighted by molar-refractivity contribution is 0.352. The number of para-hydroxylation sites is 1. The van der Waals surface area contributed by atoms with Gasteiger partial charge < -0.3 is 4.74 Å². The summed E-state index contributed by atoms with van der Waals surface area (Å²) < 4.78 is 12.6. The van der Waals surface area contributed by atoms with Gasteiger partial charge in [0.05, 0.1) is 11.0 Å². The van der Waals surface area contributed by atoms with Crippen LogP contribution in [-0.4, -0.2) is 9.56 Å². The highest BCUT2D eigenvalue weighted by molar-refractivity contribution is 5.95. The molecule has 0 bridgehead atoms. The summed E-state index contributed by atoms with van der Waals surface area (Å²) in [6.45, 7) is 0. The number of aromatic nitrogens is 2. The lowest BCUT2D eigenvalue weighted by Crippen LogP contribution is -2.12. The second-order valence-electron chi connectivity index (χ2n) is 6.13. The third-order valence-corrected chi connectivity index (χ3v) is 4.46. The van der Waals surface area contributed by atoms with E-state index >= 15 is 0 Å². The smallest absolute Gasteiger partial charge is 0.445 e. The van der Waals surface area contributed by atoms with Crippen LogP contribution in [0.3, 0.4) is 0 Å². The van der Waals surface area contributed by atoms with Crippen molar-refractivity contribution in [1.29, 1.82) is 0 Å². The van der Waals surface area contributed by atoms with Crippen molar-refractivity contribution in [3.8, 4) is 22.8 Å². The molecule has 5 heteroatoms. The summed E-state index contributed by atoms with van der Waals surface area (Å²) in [6, 6.07) is 26.7. The first-order chi connectivity index (χ1) is 13.3. The fourth-order valence-electron chi connectivity index (χ4n) is 3.25. The molecule has 0 unspecified atom stereocenters. The summed E-state index contributed by atoms with van der Waals surface area (Å²) in [6.07, 6.45) is 0. The average molecular weight is 354 g/mol. The highest BCUT2D eigenvalue weighted by Crippen LogP contribution is 2.34. The van der Waals surface area contributed by atoms with Crippen molar-refractivity contribution in [2.75, 3.05) is 0 Å². The monoisotopic (exact) mass is 354 g/mol. The van der Waals surface area contributed by atoms with Gasteiger partial charge in [0.15, 0.2) is 0 Å². The van der Waals surface area contributed by atoms with Crippen molar-refractivity contribution in [2.45, 2.75) is 0 Å². The molecule has 5 rings (SSSR count). The Bertz CT molecular complexity index is 1310. The second kappa shape index (κ2) is 6.14. The van der Waals surface area contributed by atoms with Gasteiger partial charge in [0.2, 0.25) is 0 Å². The van der Waals surface area contributed by atoms with E-state index in [2.05, 4.69) is 5.16 Å². The van der Waals surface area contributed by atoms with Crippen LogP contribution in [0.4, 0.5) is 0 Å². The Morgan fingerprint density at radius 3 is 2.33 bits per heavy atom. The second-order valence-corrected chi connectivity index (χ2v) is 6.13. The first-order valence-electron chi connectivity index (χ1n) is 8.54. The lowest BCUT2D eigenvalue weighted by atomic mass is 10.1. The summed E-state index contributed by atoms with van der Waals surface area (Å²) in [7, 11) is 0. The van der Waals surface area contributed by atoms with Crippen LogP contribution >= 0.6 is 0 Å². The highest BCUT2D eigenvalue weighted by atomic mass is 16.5. The Hall–Kier alpha value is -3.86. The van der Waals surface area contributed by atoms with Gasteiger partial charge in [-0.1, -0.05) is 59.8 Å². The summed E-state index contributed by atoms with van der Waals surface area (Å²) in [5.41, 5.74) is 2.87. The Morgan fingerprint density at radius 2 is 1.56 bits per heavy atom. The number of benzene rings is 3. The molecule has 0 aliphatic carbocycles. The van der Waals surface area contributed by atoms with E-state index in [1.165, 1.54) is 4.40 Å². The quantitative estimate of drug-likeness (QED) is 0.462. The van der Waals surface area contributed by atoms with E-state index in [1.54, 1.807) is 0 Å². The number of hydrogen-bond acceptors (Lipinski definition) is 4. The van der Waals surface area contributed by atoms with Gasteiger partial charge in [-0.3, -0.25) is 4.52 Å². The van der Waals surface area contributed by atoms with Crippen LogP contribution in [0.25, 0.3) is 27.7 Å². The van der Waals surface area contributed by atoms with E-state index in [0.717, 1.165) is 16.7 Å². The first-order valence-corrected chi connectivity index (χ1v) is 8.54. The standard InChI is InChI=1S/C22H14N2O3/c25-22-24-18-12-7-13-20(26-16-10-5-2-6-11-16)17(18)14-19(24)21(23-27-22)15-8-3-1-4-9-15/h1-14H. The number of fused-ring (bicyclic) bond motifs is 3. The van der Waals surface area contributed by atoms with Crippen molar-refractivity contribution in [2.24, 2.45) is 0 Å². The van der Waals surface area contributed by atoms with Crippen LogP contribution in [0.2, 0.25) is 0 Å². The van der Waals surface area contributed by atoms with Crippen LogP contribution in [0.1, 0.15) is 0 Å². The minimum atomic E-state index is -0.531. The van der Waals surface area contributed by atoms with Gasteiger partial charge in [-0.2, -0.15) is 0 Å². The Labute approximate surface area is 154 Å². The highest BCUT2D eigenvalue weighted by Gasteiger charge is 2.16. The molecule has 0 saturated heterocycles. The molecule has 0 aliphatic rings. The van der Waals surface area contributed by atoms with Gasteiger partial charge in [-0.15, -0.1) is 0 Å². The van der Waals surface area contributed by atoms with Crippen molar-refractivity contribution in [3.63, 3.8) is 0 Å². The molecule has 0 atom stereocenters. The molecule has 2 aromatic heterocycles.